The highest BCUT2D eigenvalue weighted by atomic mass is 35.5. The second kappa shape index (κ2) is 6.06. The van der Waals surface area contributed by atoms with Crippen LogP contribution < -0.4 is 16.4 Å². The minimum absolute atomic E-state index is 0.0657. The lowest BCUT2D eigenvalue weighted by molar-refractivity contribution is -0.384. The molecular weight excluding hydrogens is 260 g/mol. The molecule has 0 radical (unpaired) electrons. The van der Waals surface area contributed by atoms with Gasteiger partial charge in [0.25, 0.3) is 5.69 Å². The molecule has 0 fully saturated rings. The van der Waals surface area contributed by atoms with Gasteiger partial charge in [0.15, 0.2) is 0 Å². The number of carbonyl (C=O) groups is 1. The minimum Gasteiger partial charge on any atom is -0.383 e. The Morgan fingerprint density at radius 3 is 2.72 bits per heavy atom. The van der Waals surface area contributed by atoms with Crippen LogP contribution in [0.1, 0.15) is 5.56 Å². The van der Waals surface area contributed by atoms with Crippen molar-refractivity contribution in [2.24, 2.45) is 5.73 Å². The van der Waals surface area contributed by atoms with Crippen LogP contribution in [0.5, 0.6) is 0 Å². The molecule has 2 amide bonds. The molecule has 0 atom stereocenters. The van der Waals surface area contributed by atoms with Gasteiger partial charge in [-0.1, -0.05) is 11.6 Å². The van der Waals surface area contributed by atoms with Crippen LogP contribution in [-0.4, -0.2) is 24.0 Å². The van der Waals surface area contributed by atoms with Gasteiger partial charge in [-0.15, -0.1) is 0 Å². The number of hydrogen-bond donors (Lipinski definition) is 3. The van der Waals surface area contributed by atoms with Gasteiger partial charge >= 0.3 is 6.03 Å². The fraction of sp³-hybridized carbons (Fsp3) is 0.300. The van der Waals surface area contributed by atoms with Crippen molar-refractivity contribution in [3.05, 3.63) is 32.8 Å². The van der Waals surface area contributed by atoms with E-state index >= 15 is 0 Å². The molecule has 7 nitrogen and oxygen atoms in total. The number of nitro benzene ring substituents is 1. The summed E-state index contributed by atoms with van der Waals surface area (Å²) in [4.78, 5) is 20.6. The number of amides is 2. The van der Waals surface area contributed by atoms with Crippen LogP contribution in [0.2, 0.25) is 5.02 Å². The van der Waals surface area contributed by atoms with Crippen molar-refractivity contribution in [2.75, 3.05) is 18.4 Å². The molecule has 8 heteroatoms. The fourth-order valence-corrected chi connectivity index (χ4v) is 1.61. The van der Waals surface area contributed by atoms with E-state index in [1.807, 2.05) is 0 Å². The number of halogens is 1. The molecule has 0 saturated heterocycles. The minimum atomic E-state index is -0.602. The first-order valence-corrected chi connectivity index (χ1v) is 5.51. The number of primary amides is 1. The number of hydrogen-bond acceptors (Lipinski definition) is 4. The average molecular weight is 273 g/mol. The lowest BCUT2D eigenvalue weighted by Crippen LogP contribution is -2.33. The van der Waals surface area contributed by atoms with Gasteiger partial charge in [0, 0.05) is 24.8 Å². The molecule has 98 valence electrons. The summed E-state index contributed by atoms with van der Waals surface area (Å²) in [5.74, 6) is 0. The third kappa shape index (κ3) is 3.77. The van der Waals surface area contributed by atoms with E-state index in [1.54, 1.807) is 6.92 Å². The van der Waals surface area contributed by atoms with Crippen molar-refractivity contribution in [3.8, 4) is 0 Å². The molecule has 4 N–H and O–H groups in total. The molecule has 1 rings (SSSR count). The molecule has 0 aliphatic rings. The van der Waals surface area contributed by atoms with Crippen LogP contribution in [0, 0.1) is 17.0 Å². The molecule has 1 aromatic rings. The summed E-state index contributed by atoms with van der Waals surface area (Å²) in [6, 6.07) is 2.28. The third-order valence-corrected chi connectivity index (χ3v) is 2.53. The Morgan fingerprint density at radius 1 is 1.50 bits per heavy atom. The van der Waals surface area contributed by atoms with E-state index < -0.39 is 11.0 Å². The molecule has 0 aliphatic carbocycles. The predicted octanol–water partition coefficient (Wildman–Crippen LogP) is 1.64. The average Bonchev–Trinajstić information content (AvgIpc) is 2.27. The SMILES string of the molecule is Cc1cc([N+](=O)[O-])c(Cl)cc1NCCNC(N)=O. The van der Waals surface area contributed by atoms with E-state index in [0.29, 0.717) is 24.3 Å². The number of nitrogens with one attached hydrogen (secondary N) is 2. The number of aryl methyl sites for hydroxylation is 1. The first-order chi connectivity index (χ1) is 8.41. The van der Waals surface area contributed by atoms with Crippen LogP contribution in [0.3, 0.4) is 0 Å². The van der Waals surface area contributed by atoms with Gasteiger partial charge in [-0.25, -0.2) is 4.79 Å². The van der Waals surface area contributed by atoms with Gasteiger partial charge in [-0.05, 0) is 18.6 Å². The van der Waals surface area contributed by atoms with Crippen LogP contribution in [0.4, 0.5) is 16.2 Å². The standard InChI is InChI=1S/C10H13ClN4O3/c1-6-4-9(15(17)18)7(11)5-8(6)13-2-3-14-10(12)16/h4-5,13H,2-3H2,1H3,(H3,12,14,16). The highest BCUT2D eigenvalue weighted by molar-refractivity contribution is 6.33. The molecule has 0 heterocycles. The Bertz CT molecular complexity index is 478. The van der Waals surface area contributed by atoms with E-state index in [4.69, 9.17) is 17.3 Å². The smallest absolute Gasteiger partial charge is 0.312 e. The van der Waals surface area contributed by atoms with Crippen LogP contribution in [-0.2, 0) is 0 Å². The number of urea groups is 1. The Hall–Kier alpha value is -2.02. The monoisotopic (exact) mass is 272 g/mol. The molecule has 1 aromatic carbocycles. The van der Waals surface area contributed by atoms with E-state index in [0.717, 1.165) is 0 Å². The van der Waals surface area contributed by atoms with E-state index in [9.17, 15) is 14.9 Å². The number of nitrogens with two attached hydrogens (primary N) is 1. The second-order valence-corrected chi connectivity index (χ2v) is 4.00. The topological polar surface area (TPSA) is 110 Å². The quantitative estimate of drug-likeness (QED) is 0.430. The first kappa shape index (κ1) is 14.0. The van der Waals surface area contributed by atoms with Gasteiger partial charge < -0.3 is 16.4 Å². The molecular formula is C10H13ClN4O3. The number of rotatable bonds is 5. The zero-order valence-corrected chi connectivity index (χ0v) is 10.5. The summed E-state index contributed by atoms with van der Waals surface area (Å²) in [5, 5.41) is 16.1. The maximum atomic E-state index is 10.7. The lowest BCUT2D eigenvalue weighted by Gasteiger charge is -2.10. The Balaban J connectivity index is 2.70. The fourth-order valence-electron chi connectivity index (χ4n) is 1.38. The molecule has 18 heavy (non-hydrogen) atoms. The Morgan fingerprint density at radius 2 is 2.17 bits per heavy atom. The van der Waals surface area contributed by atoms with E-state index in [2.05, 4.69) is 10.6 Å². The second-order valence-electron chi connectivity index (χ2n) is 3.59. The molecule has 0 bridgehead atoms. The zero-order chi connectivity index (χ0) is 13.7. The highest BCUT2D eigenvalue weighted by Gasteiger charge is 2.14. The normalized spacial score (nSPS) is 9.89. The lowest BCUT2D eigenvalue weighted by atomic mass is 10.2. The molecule has 0 spiro atoms. The van der Waals surface area contributed by atoms with Crippen molar-refractivity contribution in [2.45, 2.75) is 6.92 Å². The van der Waals surface area contributed by atoms with Gasteiger partial charge in [0.1, 0.15) is 5.02 Å². The largest absolute Gasteiger partial charge is 0.383 e. The van der Waals surface area contributed by atoms with Crippen LogP contribution in [0.25, 0.3) is 0 Å². The summed E-state index contributed by atoms with van der Waals surface area (Å²) in [5.41, 5.74) is 6.15. The van der Waals surface area contributed by atoms with Gasteiger partial charge in [-0.2, -0.15) is 0 Å². The van der Waals surface area contributed by atoms with Crippen molar-refractivity contribution >= 4 is 29.0 Å². The van der Waals surface area contributed by atoms with Crippen molar-refractivity contribution in [1.29, 1.82) is 0 Å². The third-order valence-electron chi connectivity index (χ3n) is 2.23. The van der Waals surface area contributed by atoms with Crippen molar-refractivity contribution in [1.82, 2.24) is 5.32 Å². The van der Waals surface area contributed by atoms with Gasteiger partial charge in [-0.3, -0.25) is 10.1 Å². The summed E-state index contributed by atoms with van der Waals surface area (Å²) < 4.78 is 0. The summed E-state index contributed by atoms with van der Waals surface area (Å²) in [6.45, 7) is 2.52. The van der Waals surface area contributed by atoms with E-state index in [-0.39, 0.29) is 10.7 Å². The summed E-state index contributed by atoms with van der Waals surface area (Å²) >= 11 is 5.79. The van der Waals surface area contributed by atoms with E-state index in [1.165, 1.54) is 12.1 Å². The number of anilines is 1. The molecule has 0 aliphatic heterocycles. The Kier molecular flexibility index (Phi) is 4.73. The number of benzene rings is 1. The maximum absolute atomic E-state index is 10.7. The van der Waals surface area contributed by atoms with Gasteiger partial charge in [0.2, 0.25) is 0 Å². The maximum Gasteiger partial charge on any atom is 0.312 e. The van der Waals surface area contributed by atoms with Crippen molar-refractivity contribution < 1.29 is 9.72 Å². The number of nitrogens with zero attached hydrogens (tertiary/aromatic N) is 1. The van der Waals surface area contributed by atoms with Crippen LogP contribution >= 0.6 is 11.6 Å². The summed E-state index contributed by atoms with van der Waals surface area (Å²) in [6.07, 6.45) is 0. The predicted molar refractivity (Wildman–Crippen MR) is 68.9 cm³/mol. The van der Waals surface area contributed by atoms with Crippen LogP contribution in [0.15, 0.2) is 12.1 Å². The van der Waals surface area contributed by atoms with Gasteiger partial charge in [0.05, 0.1) is 4.92 Å². The highest BCUT2D eigenvalue weighted by Crippen LogP contribution is 2.30. The number of nitro groups is 1. The number of carbonyl (C=O) groups excluding carboxylic acids is 1. The molecule has 0 aromatic heterocycles. The molecule has 0 saturated carbocycles. The molecule has 0 unspecified atom stereocenters. The van der Waals surface area contributed by atoms with Crippen molar-refractivity contribution in [3.63, 3.8) is 0 Å². The first-order valence-electron chi connectivity index (χ1n) is 5.13. The summed E-state index contributed by atoms with van der Waals surface area (Å²) in [7, 11) is 0. The Labute approximate surface area is 108 Å². The zero-order valence-electron chi connectivity index (χ0n) is 9.70.